The Morgan fingerprint density at radius 3 is 0.911 bits per heavy atom. The van der Waals surface area contributed by atoms with Gasteiger partial charge < -0.3 is 0 Å². The Kier molecular flexibility index (Phi) is 8.59. The summed E-state index contributed by atoms with van der Waals surface area (Å²) in [5.41, 5.74) is 16.9. The summed E-state index contributed by atoms with van der Waals surface area (Å²) in [6.07, 6.45) is 3.77. The standard InChI is InChI=1S/C55H37N/c1-5-17-38(18-6-1)49-37-50(54(41-21-9-3-10-22-41)55(42-23-11-4-12-24-42)53(49)40-19-7-2-8-20-40)39-29-31-43(32-30-39)51-45-25-13-15-27-47(45)52(44-33-35-56-36-34-44)48-28-16-14-26-46(48)51/h1-37H. The molecule has 0 saturated carbocycles. The lowest BCUT2D eigenvalue weighted by Gasteiger charge is -2.24. The molecule has 0 unspecified atom stereocenters. The highest BCUT2D eigenvalue weighted by Crippen LogP contribution is 2.51. The summed E-state index contributed by atoms with van der Waals surface area (Å²) >= 11 is 0. The van der Waals surface area contributed by atoms with E-state index in [0.29, 0.717) is 0 Å². The number of hydrogen-bond acceptors (Lipinski definition) is 1. The molecule has 10 rings (SSSR count). The molecule has 1 heterocycles. The van der Waals surface area contributed by atoms with Gasteiger partial charge in [0, 0.05) is 12.4 Å². The summed E-state index contributed by atoms with van der Waals surface area (Å²) in [4.78, 5) is 4.32. The van der Waals surface area contributed by atoms with Gasteiger partial charge in [-0.05, 0) is 118 Å². The van der Waals surface area contributed by atoms with E-state index in [1.807, 2.05) is 12.4 Å². The lowest BCUT2D eigenvalue weighted by Crippen LogP contribution is -1.98. The minimum atomic E-state index is 1.17. The van der Waals surface area contributed by atoms with Gasteiger partial charge >= 0.3 is 0 Å². The maximum Gasteiger partial charge on any atom is 0.0273 e. The highest BCUT2D eigenvalue weighted by atomic mass is 14.6. The van der Waals surface area contributed by atoms with Crippen molar-refractivity contribution < 1.29 is 0 Å². The van der Waals surface area contributed by atoms with E-state index in [1.165, 1.54) is 99.4 Å². The second-order valence-electron chi connectivity index (χ2n) is 14.2. The molecule has 0 aliphatic carbocycles. The lowest BCUT2D eigenvalue weighted by molar-refractivity contribution is 1.33. The normalized spacial score (nSPS) is 11.2. The second-order valence-corrected chi connectivity index (χ2v) is 14.2. The zero-order chi connectivity index (χ0) is 37.3. The molecule has 0 spiro atoms. The van der Waals surface area contributed by atoms with Crippen molar-refractivity contribution in [2.45, 2.75) is 0 Å². The smallest absolute Gasteiger partial charge is 0.0273 e. The average molecular weight is 712 g/mol. The van der Waals surface area contributed by atoms with Crippen LogP contribution in [0.2, 0.25) is 0 Å². The fourth-order valence-electron chi connectivity index (χ4n) is 8.54. The van der Waals surface area contributed by atoms with Gasteiger partial charge in [0.25, 0.3) is 0 Å². The Bertz CT molecular complexity index is 2900. The topological polar surface area (TPSA) is 12.9 Å². The average Bonchev–Trinajstić information content (AvgIpc) is 3.29. The molecule has 0 radical (unpaired) electrons. The van der Waals surface area contributed by atoms with Crippen molar-refractivity contribution in [3.05, 3.63) is 225 Å². The van der Waals surface area contributed by atoms with Crippen molar-refractivity contribution in [2.75, 3.05) is 0 Å². The van der Waals surface area contributed by atoms with Crippen LogP contribution in [0.5, 0.6) is 0 Å². The van der Waals surface area contributed by atoms with Crippen LogP contribution >= 0.6 is 0 Å². The van der Waals surface area contributed by atoms with E-state index in [1.54, 1.807) is 0 Å². The maximum atomic E-state index is 4.32. The van der Waals surface area contributed by atoms with Crippen LogP contribution in [0, 0.1) is 0 Å². The minimum Gasteiger partial charge on any atom is -0.265 e. The Labute approximate surface area is 327 Å². The van der Waals surface area contributed by atoms with Crippen LogP contribution in [0.1, 0.15) is 0 Å². The molecule has 0 aliphatic rings. The zero-order valence-electron chi connectivity index (χ0n) is 30.8. The van der Waals surface area contributed by atoms with Crippen LogP contribution in [0.15, 0.2) is 225 Å². The Hall–Kier alpha value is -7.35. The summed E-state index contributed by atoms with van der Waals surface area (Å²) in [6.45, 7) is 0. The molecule has 0 saturated heterocycles. The van der Waals surface area contributed by atoms with Gasteiger partial charge in [-0.2, -0.15) is 0 Å². The van der Waals surface area contributed by atoms with E-state index in [9.17, 15) is 0 Å². The second kappa shape index (κ2) is 14.5. The summed E-state index contributed by atoms with van der Waals surface area (Å²) < 4.78 is 0. The molecule has 262 valence electrons. The largest absolute Gasteiger partial charge is 0.265 e. The van der Waals surface area contributed by atoms with E-state index in [2.05, 4.69) is 217 Å². The van der Waals surface area contributed by atoms with Gasteiger partial charge in [-0.15, -0.1) is 0 Å². The Morgan fingerprint density at radius 2 is 0.500 bits per heavy atom. The maximum absolute atomic E-state index is 4.32. The summed E-state index contributed by atoms with van der Waals surface area (Å²) in [6, 6.07) is 77.1. The third-order valence-electron chi connectivity index (χ3n) is 11.0. The first-order valence-electron chi connectivity index (χ1n) is 19.2. The number of rotatable bonds is 7. The van der Waals surface area contributed by atoms with E-state index in [4.69, 9.17) is 0 Å². The molecule has 1 aromatic heterocycles. The van der Waals surface area contributed by atoms with Gasteiger partial charge in [0.15, 0.2) is 0 Å². The van der Waals surface area contributed by atoms with Gasteiger partial charge in [-0.1, -0.05) is 194 Å². The van der Waals surface area contributed by atoms with Crippen LogP contribution < -0.4 is 0 Å². The summed E-state index contributed by atoms with van der Waals surface area (Å²) in [5, 5.41) is 4.94. The molecule has 0 N–H and O–H groups in total. The molecule has 0 bridgehead atoms. The fourth-order valence-corrected chi connectivity index (χ4v) is 8.54. The fraction of sp³-hybridized carbons (Fsp3) is 0. The Balaban J connectivity index is 1.25. The summed E-state index contributed by atoms with van der Waals surface area (Å²) in [5.74, 6) is 0. The molecule has 56 heavy (non-hydrogen) atoms. The molecule has 0 amide bonds. The zero-order valence-corrected chi connectivity index (χ0v) is 30.8. The molecule has 0 atom stereocenters. The predicted octanol–water partition coefficient (Wildman–Crippen LogP) is 15.1. The van der Waals surface area contributed by atoms with Crippen molar-refractivity contribution in [3.8, 4) is 77.9 Å². The van der Waals surface area contributed by atoms with Crippen LogP contribution in [-0.4, -0.2) is 4.98 Å². The highest BCUT2D eigenvalue weighted by Gasteiger charge is 2.24. The van der Waals surface area contributed by atoms with Gasteiger partial charge in [0.2, 0.25) is 0 Å². The first-order chi connectivity index (χ1) is 27.8. The van der Waals surface area contributed by atoms with Gasteiger partial charge in [-0.3, -0.25) is 4.98 Å². The minimum absolute atomic E-state index is 1.17. The van der Waals surface area contributed by atoms with Crippen molar-refractivity contribution >= 4 is 21.5 Å². The highest BCUT2D eigenvalue weighted by molar-refractivity contribution is 6.21. The van der Waals surface area contributed by atoms with Crippen LogP contribution in [0.3, 0.4) is 0 Å². The van der Waals surface area contributed by atoms with Crippen LogP contribution in [0.25, 0.3) is 99.4 Å². The molecule has 0 fully saturated rings. The van der Waals surface area contributed by atoms with Gasteiger partial charge in [-0.25, -0.2) is 0 Å². The van der Waals surface area contributed by atoms with Crippen molar-refractivity contribution in [1.82, 2.24) is 4.98 Å². The van der Waals surface area contributed by atoms with E-state index < -0.39 is 0 Å². The molecular formula is C55H37N. The molecule has 1 nitrogen and oxygen atoms in total. The van der Waals surface area contributed by atoms with Crippen molar-refractivity contribution in [1.29, 1.82) is 0 Å². The summed E-state index contributed by atoms with van der Waals surface area (Å²) in [7, 11) is 0. The van der Waals surface area contributed by atoms with E-state index in [-0.39, 0.29) is 0 Å². The lowest BCUT2D eigenvalue weighted by atomic mass is 9.78. The molecule has 9 aromatic carbocycles. The monoisotopic (exact) mass is 711 g/mol. The molecule has 1 heteroatoms. The third-order valence-corrected chi connectivity index (χ3v) is 11.0. The molecule has 10 aromatic rings. The van der Waals surface area contributed by atoms with Crippen molar-refractivity contribution in [2.24, 2.45) is 0 Å². The first kappa shape index (κ1) is 33.2. The number of nitrogens with zero attached hydrogens (tertiary/aromatic N) is 1. The number of hydrogen-bond donors (Lipinski definition) is 0. The van der Waals surface area contributed by atoms with E-state index >= 15 is 0 Å². The van der Waals surface area contributed by atoms with Crippen molar-refractivity contribution in [3.63, 3.8) is 0 Å². The quantitative estimate of drug-likeness (QED) is 0.150. The number of benzene rings is 9. The van der Waals surface area contributed by atoms with Gasteiger partial charge in [0.05, 0.1) is 0 Å². The molecular weight excluding hydrogens is 675 g/mol. The van der Waals surface area contributed by atoms with Crippen LogP contribution in [-0.2, 0) is 0 Å². The molecule has 0 aliphatic heterocycles. The SMILES string of the molecule is c1ccc(-c2cc(-c3ccc(-c4c5ccccc5c(-c5ccncc5)c5ccccc45)cc3)c(-c3ccccc3)c(-c3ccccc3)c2-c2ccccc2)cc1. The number of pyridine rings is 1. The number of aromatic nitrogens is 1. The third kappa shape index (κ3) is 5.87. The van der Waals surface area contributed by atoms with Gasteiger partial charge in [0.1, 0.15) is 0 Å². The van der Waals surface area contributed by atoms with Crippen LogP contribution in [0.4, 0.5) is 0 Å². The Morgan fingerprint density at radius 1 is 0.214 bits per heavy atom. The predicted molar refractivity (Wildman–Crippen MR) is 237 cm³/mol. The van der Waals surface area contributed by atoms with E-state index in [0.717, 1.165) is 0 Å². The first-order valence-corrected chi connectivity index (χ1v) is 19.2. The number of fused-ring (bicyclic) bond motifs is 2.